The molecule has 0 radical (unpaired) electrons. The molecule has 0 spiro atoms. The lowest BCUT2D eigenvalue weighted by atomic mass is 10.0. The van der Waals surface area contributed by atoms with Gasteiger partial charge in [0.15, 0.2) is 0 Å². The number of fused-ring (bicyclic) bond motifs is 3. The predicted molar refractivity (Wildman–Crippen MR) is 79.1 cm³/mol. The lowest BCUT2D eigenvalue weighted by Crippen LogP contribution is -1.83. The van der Waals surface area contributed by atoms with E-state index in [0.717, 1.165) is 27.5 Å². The van der Waals surface area contributed by atoms with Crippen molar-refractivity contribution in [3.8, 4) is 11.1 Å². The van der Waals surface area contributed by atoms with Crippen molar-refractivity contribution < 1.29 is 8.81 Å². The van der Waals surface area contributed by atoms with Gasteiger partial charge in [0, 0.05) is 21.9 Å². The van der Waals surface area contributed by atoms with E-state index in [9.17, 15) is 4.39 Å². The zero-order valence-corrected chi connectivity index (χ0v) is 10.6. The van der Waals surface area contributed by atoms with Gasteiger partial charge in [0.2, 0.25) is 0 Å². The number of hydrogen-bond donors (Lipinski definition) is 0. The second-order valence-electron chi connectivity index (χ2n) is 4.76. The highest BCUT2D eigenvalue weighted by atomic mass is 19.1. The van der Waals surface area contributed by atoms with E-state index in [1.165, 1.54) is 6.07 Å². The van der Waals surface area contributed by atoms with Crippen molar-refractivity contribution in [3.63, 3.8) is 0 Å². The molecule has 0 saturated carbocycles. The van der Waals surface area contributed by atoms with Gasteiger partial charge in [-0.3, -0.25) is 0 Å². The van der Waals surface area contributed by atoms with Gasteiger partial charge in [0.1, 0.15) is 17.0 Å². The first kappa shape index (κ1) is 11.2. The minimum absolute atomic E-state index is 0.236. The van der Waals surface area contributed by atoms with Crippen LogP contribution in [0.2, 0.25) is 0 Å². The van der Waals surface area contributed by atoms with E-state index in [1.807, 2.05) is 48.5 Å². The van der Waals surface area contributed by atoms with Crippen LogP contribution in [0.4, 0.5) is 4.39 Å². The third-order valence-corrected chi connectivity index (χ3v) is 3.57. The molecule has 20 heavy (non-hydrogen) atoms. The Kier molecular flexibility index (Phi) is 2.36. The highest BCUT2D eigenvalue weighted by Crippen LogP contribution is 2.36. The Bertz CT molecular complexity index is 921. The average Bonchev–Trinajstić information content (AvgIpc) is 2.86. The number of benzene rings is 3. The fourth-order valence-corrected chi connectivity index (χ4v) is 2.64. The lowest BCUT2D eigenvalue weighted by molar-refractivity contribution is 0.630. The van der Waals surface area contributed by atoms with Gasteiger partial charge in [0.05, 0.1) is 0 Å². The van der Waals surface area contributed by atoms with Crippen LogP contribution < -0.4 is 0 Å². The first-order valence-corrected chi connectivity index (χ1v) is 6.50. The Labute approximate surface area is 115 Å². The quantitative estimate of drug-likeness (QED) is 0.448. The topological polar surface area (TPSA) is 13.1 Å². The van der Waals surface area contributed by atoms with E-state index >= 15 is 0 Å². The fourth-order valence-electron chi connectivity index (χ4n) is 2.64. The van der Waals surface area contributed by atoms with Crippen molar-refractivity contribution in [2.24, 2.45) is 0 Å². The van der Waals surface area contributed by atoms with Crippen LogP contribution >= 0.6 is 0 Å². The van der Waals surface area contributed by atoms with Crippen LogP contribution in [-0.4, -0.2) is 0 Å². The second kappa shape index (κ2) is 4.20. The van der Waals surface area contributed by atoms with Gasteiger partial charge in [0.25, 0.3) is 0 Å². The SMILES string of the molecule is Fc1ccccc1-c1cccc2c1oc1ccccc12. The fraction of sp³-hybridized carbons (Fsp3) is 0. The smallest absolute Gasteiger partial charge is 0.143 e. The van der Waals surface area contributed by atoms with Crippen molar-refractivity contribution in [1.29, 1.82) is 0 Å². The Hall–Kier alpha value is -2.61. The molecule has 0 atom stereocenters. The highest BCUT2D eigenvalue weighted by Gasteiger charge is 2.13. The normalized spacial score (nSPS) is 11.2. The van der Waals surface area contributed by atoms with E-state index in [0.29, 0.717) is 5.56 Å². The maximum Gasteiger partial charge on any atom is 0.143 e. The van der Waals surface area contributed by atoms with Crippen LogP contribution in [0.15, 0.2) is 71.1 Å². The van der Waals surface area contributed by atoms with Crippen molar-refractivity contribution >= 4 is 21.9 Å². The van der Waals surface area contributed by atoms with Crippen molar-refractivity contribution in [1.82, 2.24) is 0 Å². The highest BCUT2D eigenvalue weighted by molar-refractivity contribution is 6.09. The third-order valence-electron chi connectivity index (χ3n) is 3.57. The molecule has 0 saturated heterocycles. The van der Waals surface area contributed by atoms with E-state index in [-0.39, 0.29) is 5.82 Å². The number of furan rings is 1. The molecule has 3 aromatic carbocycles. The molecule has 96 valence electrons. The summed E-state index contributed by atoms with van der Waals surface area (Å²) < 4.78 is 19.9. The average molecular weight is 262 g/mol. The Morgan fingerprint density at radius 3 is 2.25 bits per heavy atom. The van der Waals surface area contributed by atoms with E-state index in [4.69, 9.17) is 4.42 Å². The molecule has 1 aromatic heterocycles. The first-order chi connectivity index (χ1) is 9.84. The summed E-state index contributed by atoms with van der Waals surface area (Å²) in [7, 11) is 0. The Morgan fingerprint density at radius 1 is 0.650 bits per heavy atom. The summed E-state index contributed by atoms with van der Waals surface area (Å²) in [5.41, 5.74) is 2.92. The standard InChI is InChI=1S/C18H11FO/c19-16-10-3-1-6-12(16)14-8-5-9-15-13-7-2-4-11-17(13)20-18(14)15/h1-11H. The van der Waals surface area contributed by atoms with E-state index in [1.54, 1.807) is 12.1 Å². The molecule has 0 aliphatic carbocycles. The van der Waals surface area contributed by atoms with Gasteiger partial charge >= 0.3 is 0 Å². The summed E-state index contributed by atoms with van der Waals surface area (Å²) in [6, 6.07) is 20.5. The van der Waals surface area contributed by atoms with Gasteiger partial charge in [-0.05, 0) is 12.1 Å². The van der Waals surface area contributed by atoms with Crippen LogP contribution in [0.3, 0.4) is 0 Å². The first-order valence-electron chi connectivity index (χ1n) is 6.50. The molecule has 0 fully saturated rings. The predicted octanol–water partition coefficient (Wildman–Crippen LogP) is 5.39. The molecule has 0 bridgehead atoms. The molecule has 1 heterocycles. The molecule has 1 nitrogen and oxygen atoms in total. The largest absolute Gasteiger partial charge is 0.455 e. The monoisotopic (exact) mass is 262 g/mol. The summed E-state index contributed by atoms with van der Waals surface area (Å²) in [4.78, 5) is 0. The van der Waals surface area contributed by atoms with Gasteiger partial charge in [-0.25, -0.2) is 4.39 Å². The summed E-state index contributed by atoms with van der Waals surface area (Å²) in [5.74, 6) is -0.236. The summed E-state index contributed by atoms with van der Waals surface area (Å²) in [5, 5.41) is 2.07. The molecule has 0 N–H and O–H groups in total. The Morgan fingerprint density at radius 2 is 1.35 bits per heavy atom. The van der Waals surface area contributed by atoms with Crippen molar-refractivity contribution in [2.75, 3.05) is 0 Å². The maximum absolute atomic E-state index is 14.0. The molecule has 4 rings (SSSR count). The molecular weight excluding hydrogens is 251 g/mol. The molecule has 4 aromatic rings. The zero-order valence-electron chi connectivity index (χ0n) is 10.6. The lowest BCUT2D eigenvalue weighted by Gasteiger charge is -2.03. The van der Waals surface area contributed by atoms with E-state index < -0.39 is 0 Å². The molecule has 0 amide bonds. The van der Waals surface area contributed by atoms with Crippen LogP contribution in [0.25, 0.3) is 33.1 Å². The molecule has 2 heteroatoms. The summed E-state index contributed by atoms with van der Waals surface area (Å²) in [6.45, 7) is 0. The summed E-state index contributed by atoms with van der Waals surface area (Å²) in [6.07, 6.45) is 0. The van der Waals surface area contributed by atoms with Crippen LogP contribution in [0.1, 0.15) is 0 Å². The molecule has 0 aliphatic heterocycles. The number of hydrogen-bond acceptors (Lipinski definition) is 1. The maximum atomic E-state index is 14.0. The van der Waals surface area contributed by atoms with Crippen LogP contribution in [-0.2, 0) is 0 Å². The number of halogens is 1. The van der Waals surface area contributed by atoms with Crippen LogP contribution in [0.5, 0.6) is 0 Å². The van der Waals surface area contributed by atoms with Crippen molar-refractivity contribution in [3.05, 3.63) is 72.5 Å². The second-order valence-corrected chi connectivity index (χ2v) is 4.76. The van der Waals surface area contributed by atoms with Crippen LogP contribution in [0, 0.1) is 5.82 Å². The Balaban J connectivity index is 2.13. The molecule has 0 aliphatic rings. The summed E-state index contributed by atoms with van der Waals surface area (Å²) >= 11 is 0. The van der Waals surface area contributed by atoms with Gasteiger partial charge < -0.3 is 4.42 Å². The van der Waals surface area contributed by atoms with E-state index in [2.05, 4.69) is 0 Å². The minimum Gasteiger partial charge on any atom is -0.455 e. The minimum atomic E-state index is -0.236. The van der Waals surface area contributed by atoms with Crippen molar-refractivity contribution in [2.45, 2.75) is 0 Å². The number of rotatable bonds is 1. The van der Waals surface area contributed by atoms with Gasteiger partial charge in [-0.2, -0.15) is 0 Å². The third kappa shape index (κ3) is 1.55. The van der Waals surface area contributed by atoms with Gasteiger partial charge in [-0.1, -0.05) is 54.6 Å². The zero-order chi connectivity index (χ0) is 13.5. The molecular formula is C18H11FO. The molecule has 0 unspecified atom stereocenters. The number of para-hydroxylation sites is 2. The van der Waals surface area contributed by atoms with Gasteiger partial charge in [-0.15, -0.1) is 0 Å².